The number of aromatic nitrogens is 1. The third-order valence-electron chi connectivity index (χ3n) is 6.01. The lowest BCUT2D eigenvalue weighted by Gasteiger charge is -2.36. The van der Waals surface area contributed by atoms with Gasteiger partial charge in [0.25, 0.3) is 0 Å². The number of alkyl halides is 2. The summed E-state index contributed by atoms with van der Waals surface area (Å²) in [6.07, 6.45) is 11.4. The quantitative estimate of drug-likeness (QED) is 0.700. The lowest BCUT2D eigenvalue weighted by Crippen LogP contribution is -2.38. The lowest BCUT2D eigenvalue weighted by atomic mass is 10.0. The summed E-state index contributed by atoms with van der Waals surface area (Å²) in [5, 5.41) is 20.2. The molecule has 1 atom stereocenters. The van der Waals surface area contributed by atoms with E-state index in [2.05, 4.69) is 16.7 Å². The highest BCUT2D eigenvalue weighted by Crippen LogP contribution is 2.42. The van der Waals surface area contributed by atoms with Crippen molar-refractivity contribution in [3.8, 4) is 12.1 Å². The van der Waals surface area contributed by atoms with Gasteiger partial charge in [0, 0.05) is 17.6 Å². The third-order valence-corrected chi connectivity index (χ3v) is 6.01. The standard InChI is InChI=1S/C23H22F2N4/c24-12-18(13-25)28-10-4-3-7-21(28)23-20(15-27)19-9-8-16(14-26)11-22(19)29(23)17-5-1-2-6-17/h3-4,7-11,17-18,21H,1-2,5-6,12-13H2. The number of hydrogen-bond acceptors (Lipinski definition) is 3. The molecule has 1 aliphatic heterocycles. The van der Waals surface area contributed by atoms with Gasteiger partial charge in [-0.05, 0) is 31.1 Å². The summed E-state index contributed by atoms with van der Waals surface area (Å²) in [5.41, 5.74) is 2.66. The van der Waals surface area contributed by atoms with Crippen molar-refractivity contribution in [3.63, 3.8) is 0 Å². The van der Waals surface area contributed by atoms with Crippen molar-refractivity contribution in [1.29, 1.82) is 10.5 Å². The Hall–Kier alpha value is -3.12. The van der Waals surface area contributed by atoms with Crippen LogP contribution in [0.3, 0.4) is 0 Å². The maximum Gasteiger partial charge on any atom is 0.112 e. The van der Waals surface area contributed by atoms with Gasteiger partial charge in [-0.3, -0.25) is 0 Å². The van der Waals surface area contributed by atoms with Crippen molar-refractivity contribution in [2.24, 2.45) is 0 Å². The Morgan fingerprint density at radius 1 is 1.07 bits per heavy atom. The molecule has 29 heavy (non-hydrogen) atoms. The zero-order chi connectivity index (χ0) is 20.4. The van der Waals surface area contributed by atoms with E-state index in [4.69, 9.17) is 0 Å². The molecule has 1 aromatic carbocycles. The van der Waals surface area contributed by atoms with Crippen LogP contribution < -0.4 is 0 Å². The monoisotopic (exact) mass is 392 g/mol. The van der Waals surface area contributed by atoms with E-state index in [9.17, 15) is 19.3 Å². The molecule has 1 fully saturated rings. The number of nitriles is 2. The normalized spacial score (nSPS) is 19.2. The van der Waals surface area contributed by atoms with Gasteiger partial charge in [0.2, 0.25) is 0 Å². The van der Waals surface area contributed by atoms with Crippen molar-refractivity contribution in [2.75, 3.05) is 13.3 Å². The third kappa shape index (κ3) is 3.19. The Morgan fingerprint density at radius 3 is 2.48 bits per heavy atom. The molecule has 148 valence electrons. The first-order valence-electron chi connectivity index (χ1n) is 9.95. The van der Waals surface area contributed by atoms with Crippen LogP contribution in [-0.4, -0.2) is 28.9 Å². The maximum atomic E-state index is 13.6. The summed E-state index contributed by atoms with van der Waals surface area (Å²) in [6.45, 7) is -1.62. The van der Waals surface area contributed by atoms with Crippen molar-refractivity contribution in [2.45, 2.75) is 43.8 Å². The number of halogens is 2. The summed E-state index contributed by atoms with van der Waals surface area (Å²) in [5.74, 6) is 0. The molecule has 0 amide bonds. The van der Waals surface area contributed by atoms with Gasteiger partial charge < -0.3 is 9.47 Å². The van der Waals surface area contributed by atoms with Crippen LogP contribution in [-0.2, 0) is 0 Å². The minimum Gasteiger partial charge on any atom is -0.357 e. The molecular formula is C23H22F2N4. The zero-order valence-corrected chi connectivity index (χ0v) is 16.1. The van der Waals surface area contributed by atoms with Gasteiger partial charge >= 0.3 is 0 Å². The highest BCUT2D eigenvalue weighted by atomic mass is 19.1. The summed E-state index contributed by atoms with van der Waals surface area (Å²) < 4.78 is 29.3. The maximum absolute atomic E-state index is 13.6. The summed E-state index contributed by atoms with van der Waals surface area (Å²) in [6, 6.07) is 8.73. The predicted molar refractivity (Wildman–Crippen MR) is 107 cm³/mol. The van der Waals surface area contributed by atoms with E-state index < -0.39 is 25.4 Å². The highest BCUT2D eigenvalue weighted by molar-refractivity contribution is 5.89. The van der Waals surface area contributed by atoms with Gasteiger partial charge in [-0.15, -0.1) is 0 Å². The number of allylic oxidation sites excluding steroid dienone is 2. The second-order valence-corrected chi connectivity index (χ2v) is 7.60. The largest absolute Gasteiger partial charge is 0.357 e. The second-order valence-electron chi connectivity index (χ2n) is 7.60. The molecule has 0 N–H and O–H groups in total. The van der Waals surface area contributed by atoms with Crippen molar-refractivity contribution in [1.82, 2.24) is 9.47 Å². The van der Waals surface area contributed by atoms with E-state index in [0.717, 1.165) is 42.3 Å². The van der Waals surface area contributed by atoms with Gasteiger partial charge in [0.1, 0.15) is 19.4 Å². The van der Waals surface area contributed by atoms with Gasteiger partial charge in [-0.1, -0.05) is 31.1 Å². The average molecular weight is 392 g/mol. The summed E-state index contributed by atoms with van der Waals surface area (Å²) in [4.78, 5) is 1.67. The Morgan fingerprint density at radius 2 is 1.83 bits per heavy atom. The molecule has 1 unspecified atom stereocenters. The highest BCUT2D eigenvalue weighted by Gasteiger charge is 2.33. The Labute approximate surface area is 168 Å². The molecule has 0 bridgehead atoms. The molecule has 2 aromatic rings. The molecule has 4 rings (SSSR count). The van der Waals surface area contributed by atoms with Crippen LogP contribution in [0.1, 0.15) is 54.6 Å². The van der Waals surface area contributed by atoms with Crippen LogP contribution in [0.2, 0.25) is 0 Å². The minimum absolute atomic E-state index is 0.207. The summed E-state index contributed by atoms with van der Waals surface area (Å²) >= 11 is 0. The predicted octanol–water partition coefficient (Wildman–Crippen LogP) is 5.23. The molecule has 1 aliphatic carbocycles. The molecule has 6 heteroatoms. The topological polar surface area (TPSA) is 55.8 Å². The molecule has 2 aliphatic rings. The fourth-order valence-electron chi connectivity index (χ4n) is 4.66. The van der Waals surface area contributed by atoms with Gasteiger partial charge in [0.05, 0.1) is 40.5 Å². The van der Waals surface area contributed by atoms with E-state index >= 15 is 0 Å². The smallest absolute Gasteiger partial charge is 0.112 e. The van der Waals surface area contributed by atoms with Crippen molar-refractivity contribution < 1.29 is 8.78 Å². The molecule has 1 aromatic heterocycles. The van der Waals surface area contributed by atoms with Crippen LogP contribution in [0.4, 0.5) is 8.78 Å². The number of rotatable bonds is 5. The van der Waals surface area contributed by atoms with Crippen molar-refractivity contribution >= 4 is 10.9 Å². The van der Waals surface area contributed by atoms with Crippen LogP contribution in [0, 0.1) is 22.7 Å². The van der Waals surface area contributed by atoms with Gasteiger partial charge in [0.15, 0.2) is 0 Å². The summed E-state index contributed by atoms with van der Waals surface area (Å²) in [7, 11) is 0. The Balaban J connectivity index is 1.98. The van der Waals surface area contributed by atoms with E-state index in [1.165, 1.54) is 0 Å². The fraction of sp³-hybridized carbons (Fsp3) is 0.391. The molecule has 2 heterocycles. The van der Waals surface area contributed by atoms with Crippen molar-refractivity contribution in [3.05, 3.63) is 59.4 Å². The first-order valence-corrected chi connectivity index (χ1v) is 9.95. The van der Waals surface area contributed by atoms with E-state index in [1.54, 1.807) is 23.2 Å². The minimum atomic E-state index is -0.905. The number of benzene rings is 1. The lowest BCUT2D eigenvalue weighted by molar-refractivity contribution is 0.158. The number of hydrogen-bond donors (Lipinski definition) is 0. The molecule has 1 saturated carbocycles. The van der Waals surface area contributed by atoms with E-state index in [0.29, 0.717) is 11.1 Å². The molecule has 0 radical (unpaired) electrons. The SMILES string of the molecule is N#Cc1ccc2c(C#N)c(C3C=CC=CN3C(CF)CF)n(C3CCCC3)c2c1. The zero-order valence-electron chi connectivity index (χ0n) is 16.1. The fourth-order valence-corrected chi connectivity index (χ4v) is 4.66. The number of nitrogens with zero attached hydrogens (tertiary/aromatic N) is 4. The Kier molecular flexibility index (Phi) is 5.36. The number of fused-ring (bicyclic) bond motifs is 1. The van der Waals surface area contributed by atoms with Crippen LogP contribution >= 0.6 is 0 Å². The van der Waals surface area contributed by atoms with E-state index in [1.807, 2.05) is 24.3 Å². The molecular weight excluding hydrogens is 370 g/mol. The second kappa shape index (κ2) is 8.09. The van der Waals surface area contributed by atoms with Crippen LogP contribution in [0.15, 0.2) is 42.6 Å². The molecule has 0 saturated heterocycles. The van der Waals surface area contributed by atoms with Crippen LogP contribution in [0.5, 0.6) is 0 Å². The Bertz CT molecular complexity index is 1040. The van der Waals surface area contributed by atoms with E-state index in [-0.39, 0.29) is 6.04 Å². The average Bonchev–Trinajstić information content (AvgIpc) is 3.40. The van der Waals surface area contributed by atoms with Gasteiger partial charge in [-0.2, -0.15) is 10.5 Å². The van der Waals surface area contributed by atoms with Gasteiger partial charge in [-0.25, -0.2) is 8.78 Å². The van der Waals surface area contributed by atoms with Crippen LogP contribution in [0.25, 0.3) is 10.9 Å². The first kappa shape index (κ1) is 19.2. The molecule has 4 nitrogen and oxygen atoms in total. The molecule has 0 spiro atoms. The first-order chi connectivity index (χ1) is 14.2.